The average Bonchev–Trinajstić information content (AvgIpc) is 2.14. The van der Waals surface area contributed by atoms with E-state index in [0.717, 1.165) is 13.1 Å². The largest absolute Gasteiger partial charge is 0.311 e. The van der Waals surface area contributed by atoms with Crippen molar-refractivity contribution in [3.8, 4) is 0 Å². The standard InChI is InChI=1S/C15H32N2/c1-11(2)12-9-16-13(14(3,4)5)10-17(12)15(6,7)8/h11-13,16H,9-10H2,1-8H3. The molecule has 0 amide bonds. The van der Waals surface area contributed by atoms with Crippen molar-refractivity contribution >= 4 is 0 Å². The van der Waals surface area contributed by atoms with E-state index in [9.17, 15) is 0 Å². The third-order valence-corrected chi connectivity index (χ3v) is 4.03. The van der Waals surface area contributed by atoms with E-state index < -0.39 is 0 Å². The second-order valence-electron chi connectivity index (χ2n) is 7.96. The minimum atomic E-state index is 0.264. The summed E-state index contributed by atoms with van der Waals surface area (Å²) in [5.41, 5.74) is 0.603. The van der Waals surface area contributed by atoms with E-state index in [1.165, 1.54) is 0 Å². The van der Waals surface area contributed by atoms with Crippen LogP contribution in [0.1, 0.15) is 55.4 Å². The fourth-order valence-electron chi connectivity index (χ4n) is 2.72. The third-order valence-electron chi connectivity index (χ3n) is 4.03. The summed E-state index contributed by atoms with van der Waals surface area (Å²) in [5.74, 6) is 0.711. The Morgan fingerprint density at radius 3 is 1.94 bits per heavy atom. The van der Waals surface area contributed by atoms with E-state index >= 15 is 0 Å². The molecule has 1 saturated heterocycles. The van der Waals surface area contributed by atoms with Crippen LogP contribution >= 0.6 is 0 Å². The molecule has 2 unspecified atom stereocenters. The minimum absolute atomic E-state index is 0.264. The van der Waals surface area contributed by atoms with E-state index in [-0.39, 0.29) is 5.54 Å². The molecule has 2 heteroatoms. The molecule has 0 bridgehead atoms. The molecular formula is C15H32N2. The van der Waals surface area contributed by atoms with Gasteiger partial charge in [-0.2, -0.15) is 0 Å². The van der Waals surface area contributed by atoms with Crippen molar-refractivity contribution in [2.45, 2.75) is 73.0 Å². The van der Waals surface area contributed by atoms with Gasteiger partial charge >= 0.3 is 0 Å². The summed E-state index contributed by atoms with van der Waals surface area (Å²) in [4.78, 5) is 2.70. The summed E-state index contributed by atoms with van der Waals surface area (Å²) in [6, 6.07) is 1.25. The Morgan fingerprint density at radius 1 is 1.06 bits per heavy atom. The van der Waals surface area contributed by atoms with Crippen molar-refractivity contribution in [2.75, 3.05) is 13.1 Å². The van der Waals surface area contributed by atoms with Gasteiger partial charge < -0.3 is 5.32 Å². The highest BCUT2D eigenvalue weighted by molar-refractivity contribution is 4.97. The molecule has 0 saturated carbocycles. The first-order valence-electron chi connectivity index (χ1n) is 7.03. The lowest BCUT2D eigenvalue weighted by Crippen LogP contribution is -2.65. The maximum Gasteiger partial charge on any atom is 0.0249 e. The number of nitrogens with one attached hydrogen (secondary N) is 1. The van der Waals surface area contributed by atoms with Gasteiger partial charge in [0.1, 0.15) is 0 Å². The summed E-state index contributed by atoms with van der Waals surface area (Å²) < 4.78 is 0. The van der Waals surface area contributed by atoms with Crippen LogP contribution in [0.25, 0.3) is 0 Å². The third kappa shape index (κ3) is 3.69. The molecule has 2 nitrogen and oxygen atoms in total. The summed E-state index contributed by atoms with van der Waals surface area (Å²) in [5, 5.41) is 3.75. The highest BCUT2D eigenvalue weighted by atomic mass is 15.3. The zero-order chi connectivity index (χ0) is 13.4. The summed E-state index contributed by atoms with van der Waals surface area (Å²) in [6.07, 6.45) is 0. The van der Waals surface area contributed by atoms with Crippen LogP contribution in [0.2, 0.25) is 0 Å². The quantitative estimate of drug-likeness (QED) is 0.757. The van der Waals surface area contributed by atoms with Crippen LogP contribution in [-0.4, -0.2) is 35.6 Å². The van der Waals surface area contributed by atoms with Crippen molar-refractivity contribution < 1.29 is 0 Å². The molecule has 1 aliphatic heterocycles. The predicted octanol–water partition coefficient (Wildman–Crippen LogP) is 3.13. The van der Waals surface area contributed by atoms with Gasteiger partial charge in [0.05, 0.1) is 0 Å². The first kappa shape index (κ1) is 15.0. The van der Waals surface area contributed by atoms with Crippen LogP contribution in [-0.2, 0) is 0 Å². The van der Waals surface area contributed by atoms with Crippen LogP contribution in [0.15, 0.2) is 0 Å². The molecular weight excluding hydrogens is 208 g/mol. The summed E-state index contributed by atoms with van der Waals surface area (Å²) in [6.45, 7) is 21.0. The Bertz CT molecular complexity index is 245. The van der Waals surface area contributed by atoms with Crippen molar-refractivity contribution in [1.82, 2.24) is 10.2 Å². The van der Waals surface area contributed by atoms with Crippen molar-refractivity contribution in [3.63, 3.8) is 0 Å². The van der Waals surface area contributed by atoms with Crippen molar-refractivity contribution in [1.29, 1.82) is 0 Å². The van der Waals surface area contributed by atoms with E-state index in [1.54, 1.807) is 0 Å². The molecule has 0 aromatic heterocycles. The van der Waals surface area contributed by atoms with Crippen LogP contribution in [0.4, 0.5) is 0 Å². The lowest BCUT2D eigenvalue weighted by atomic mass is 9.82. The molecule has 102 valence electrons. The van der Waals surface area contributed by atoms with Crippen LogP contribution in [0.5, 0.6) is 0 Å². The Kier molecular flexibility index (Phi) is 4.31. The first-order chi connectivity index (χ1) is 7.53. The highest BCUT2D eigenvalue weighted by Crippen LogP contribution is 2.29. The van der Waals surface area contributed by atoms with Crippen LogP contribution < -0.4 is 5.32 Å². The molecule has 0 radical (unpaired) electrons. The molecule has 1 fully saturated rings. The van der Waals surface area contributed by atoms with Gasteiger partial charge in [-0.25, -0.2) is 0 Å². The molecule has 1 N–H and O–H groups in total. The Morgan fingerprint density at radius 2 is 1.59 bits per heavy atom. The second-order valence-corrected chi connectivity index (χ2v) is 7.96. The van der Waals surface area contributed by atoms with E-state index in [0.29, 0.717) is 23.4 Å². The SMILES string of the molecule is CC(C)C1CNC(C(C)(C)C)CN1C(C)(C)C. The van der Waals surface area contributed by atoms with E-state index in [1.807, 2.05) is 0 Å². The smallest absolute Gasteiger partial charge is 0.0249 e. The van der Waals surface area contributed by atoms with Gasteiger partial charge in [-0.3, -0.25) is 4.90 Å². The fraction of sp³-hybridized carbons (Fsp3) is 1.00. The van der Waals surface area contributed by atoms with Crippen molar-refractivity contribution in [2.24, 2.45) is 11.3 Å². The Balaban J connectivity index is 2.85. The number of nitrogens with zero attached hydrogens (tertiary/aromatic N) is 1. The molecule has 1 aliphatic rings. The maximum atomic E-state index is 3.75. The maximum absolute atomic E-state index is 3.75. The zero-order valence-corrected chi connectivity index (χ0v) is 13.1. The number of piperazine rings is 1. The molecule has 0 spiro atoms. The van der Waals surface area contributed by atoms with Crippen molar-refractivity contribution in [3.05, 3.63) is 0 Å². The zero-order valence-electron chi connectivity index (χ0n) is 13.1. The average molecular weight is 240 g/mol. The van der Waals surface area contributed by atoms with Gasteiger partial charge in [-0.05, 0) is 32.1 Å². The first-order valence-corrected chi connectivity index (χ1v) is 7.03. The number of hydrogen-bond acceptors (Lipinski definition) is 2. The fourth-order valence-corrected chi connectivity index (χ4v) is 2.72. The van der Waals surface area contributed by atoms with Crippen LogP contribution in [0.3, 0.4) is 0 Å². The van der Waals surface area contributed by atoms with Gasteiger partial charge in [0.15, 0.2) is 0 Å². The predicted molar refractivity (Wildman–Crippen MR) is 76.3 cm³/mol. The molecule has 1 heterocycles. The molecule has 1 rings (SSSR count). The van der Waals surface area contributed by atoms with Gasteiger partial charge in [0, 0.05) is 30.7 Å². The topological polar surface area (TPSA) is 15.3 Å². The normalized spacial score (nSPS) is 28.8. The summed E-state index contributed by atoms with van der Waals surface area (Å²) in [7, 11) is 0. The lowest BCUT2D eigenvalue weighted by Gasteiger charge is -2.51. The monoisotopic (exact) mass is 240 g/mol. The Labute approximate surface area is 108 Å². The highest BCUT2D eigenvalue weighted by Gasteiger charge is 2.39. The summed E-state index contributed by atoms with van der Waals surface area (Å²) >= 11 is 0. The molecule has 0 aromatic carbocycles. The van der Waals surface area contributed by atoms with Gasteiger partial charge in [-0.1, -0.05) is 34.6 Å². The molecule has 2 atom stereocenters. The molecule has 0 aliphatic carbocycles. The lowest BCUT2D eigenvalue weighted by molar-refractivity contribution is -0.00101. The molecule has 17 heavy (non-hydrogen) atoms. The van der Waals surface area contributed by atoms with E-state index in [2.05, 4.69) is 65.6 Å². The second kappa shape index (κ2) is 4.89. The molecule has 0 aromatic rings. The minimum Gasteiger partial charge on any atom is -0.311 e. The number of hydrogen-bond donors (Lipinski definition) is 1. The van der Waals surface area contributed by atoms with Gasteiger partial charge in [0.2, 0.25) is 0 Å². The number of rotatable bonds is 1. The van der Waals surface area contributed by atoms with Gasteiger partial charge in [-0.15, -0.1) is 0 Å². The Hall–Kier alpha value is -0.0800. The van der Waals surface area contributed by atoms with Gasteiger partial charge in [0.25, 0.3) is 0 Å². The van der Waals surface area contributed by atoms with E-state index in [4.69, 9.17) is 0 Å². The van der Waals surface area contributed by atoms with Crippen LogP contribution in [0, 0.1) is 11.3 Å².